The Bertz CT molecular complexity index is 493. The van der Waals surface area contributed by atoms with Crippen LogP contribution >= 0.6 is 11.6 Å². The van der Waals surface area contributed by atoms with Gasteiger partial charge in [-0.1, -0.05) is 41.9 Å². The number of hydrogen-bond donors (Lipinski definition) is 2. The zero-order valence-corrected chi connectivity index (χ0v) is 10.5. The standard InChI is InChI=1S/C13H14ClN3O/c14-12-7-15-8-13(17-12)16-11(9-18)6-10-4-2-1-3-5-10/h1-5,7-8,11,18H,6,9H2,(H,16,17)/t11-/m0/s1. The first-order chi connectivity index (χ1) is 8.78. The number of benzene rings is 1. The van der Waals surface area contributed by atoms with Gasteiger partial charge in [0.15, 0.2) is 0 Å². The van der Waals surface area contributed by atoms with Gasteiger partial charge in [0.1, 0.15) is 11.0 Å². The van der Waals surface area contributed by atoms with E-state index in [1.165, 1.54) is 6.20 Å². The lowest BCUT2D eigenvalue weighted by molar-refractivity contribution is 0.273. The fourth-order valence-electron chi connectivity index (χ4n) is 1.68. The number of anilines is 1. The minimum absolute atomic E-state index is 0.0170. The Morgan fingerprint density at radius 1 is 1.22 bits per heavy atom. The third-order valence-corrected chi connectivity index (χ3v) is 2.68. The van der Waals surface area contributed by atoms with Crippen LogP contribution in [-0.4, -0.2) is 27.7 Å². The van der Waals surface area contributed by atoms with Gasteiger partial charge >= 0.3 is 0 Å². The van der Waals surface area contributed by atoms with Crippen LogP contribution in [0.1, 0.15) is 5.56 Å². The summed E-state index contributed by atoms with van der Waals surface area (Å²) in [7, 11) is 0. The van der Waals surface area contributed by atoms with Crippen molar-refractivity contribution in [3.05, 3.63) is 53.4 Å². The normalized spacial score (nSPS) is 12.1. The molecular formula is C13H14ClN3O. The molecule has 1 heterocycles. The van der Waals surface area contributed by atoms with Crippen LogP contribution in [0.25, 0.3) is 0 Å². The van der Waals surface area contributed by atoms with Crippen LogP contribution in [0.5, 0.6) is 0 Å². The third-order valence-electron chi connectivity index (χ3n) is 2.50. The Labute approximate surface area is 111 Å². The van der Waals surface area contributed by atoms with Crippen molar-refractivity contribution in [2.75, 3.05) is 11.9 Å². The van der Waals surface area contributed by atoms with E-state index in [2.05, 4.69) is 15.3 Å². The first-order valence-corrected chi connectivity index (χ1v) is 6.04. The fraction of sp³-hybridized carbons (Fsp3) is 0.231. The molecule has 0 radical (unpaired) electrons. The molecule has 0 aliphatic heterocycles. The SMILES string of the molecule is OC[C@H](Cc1ccccc1)Nc1cncc(Cl)n1. The molecule has 94 valence electrons. The highest BCUT2D eigenvalue weighted by Gasteiger charge is 2.09. The highest BCUT2D eigenvalue weighted by molar-refractivity contribution is 6.29. The molecular weight excluding hydrogens is 250 g/mol. The maximum atomic E-state index is 9.37. The van der Waals surface area contributed by atoms with Crippen LogP contribution < -0.4 is 5.32 Å². The van der Waals surface area contributed by atoms with Gasteiger partial charge < -0.3 is 10.4 Å². The molecule has 0 aliphatic rings. The first-order valence-electron chi connectivity index (χ1n) is 5.67. The summed E-state index contributed by atoms with van der Waals surface area (Å²) in [6.07, 6.45) is 3.77. The summed E-state index contributed by atoms with van der Waals surface area (Å²) < 4.78 is 0. The molecule has 1 aromatic carbocycles. The molecule has 2 aromatic rings. The van der Waals surface area contributed by atoms with Gasteiger partial charge in [0.2, 0.25) is 0 Å². The van der Waals surface area contributed by atoms with E-state index in [4.69, 9.17) is 11.6 Å². The topological polar surface area (TPSA) is 58.0 Å². The van der Waals surface area contributed by atoms with Gasteiger partial charge in [0.25, 0.3) is 0 Å². The molecule has 0 saturated carbocycles. The molecule has 0 saturated heterocycles. The lowest BCUT2D eigenvalue weighted by Gasteiger charge is -2.16. The monoisotopic (exact) mass is 263 g/mol. The number of halogens is 1. The molecule has 0 amide bonds. The second-order valence-electron chi connectivity index (χ2n) is 3.94. The van der Waals surface area contributed by atoms with Gasteiger partial charge in [-0.05, 0) is 12.0 Å². The fourth-order valence-corrected chi connectivity index (χ4v) is 1.83. The molecule has 0 fully saturated rings. The number of nitrogens with zero attached hydrogens (tertiary/aromatic N) is 2. The van der Waals surface area contributed by atoms with Crippen molar-refractivity contribution in [1.29, 1.82) is 0 Å². The van der Waals surface area contributed by atoms with E-state index in [0.29, 0.717) is 17.4 Å². The van der Waals surface area contributed by atoms with E-state index in [9.17, 15) is 5.11 Å². The van der Waals surface area contributed by atoms with Crippen molar-refractivity contribution in [3.63, 3.8) is 0 Å². The van der Waals surface area contributed by atoms with Crippen LogP contribution in [0.2, 0.25) is 5.15 Å². The van der Waals surface area contributed by atoms with Crippen molar-refractivity contribution in [2.24, 2.45) is 0 Å². The van der Waals surface area contributed by atoms with Crippen LogP contribution in [0.4, 0.5) is 5.82 Å². The zero-order chi connectivity index (χ0) is 12.8. The average molecular weight is 264 g/mol. The highest BCUT2D eigenvalue weighted by Crippen LogP contribution is 2.10. The Balaban J connectivity index is 2.01. The Kier molecular flexibility index (Phi) is 4.50. The maximum Gasteiger partial charge on any atom is 0.149 e. The predicted octanol–water partition coefficient (Wildman–Crippen LogP) is 2.15. The quantitative estimate of drug-likeness (QED) is 0.868. The van der Waals surface area contributed by atoms with Gasteiger partial charge in [0, 0.05) is 0 Å². The van der Waals surface area contributed by atoms with Gasteiger partial charge in [-0.2, -0.15) is 0 Å². The first kappa shape index (κ1) is 12.8. The summed E-state index contributed by atoms with van der Waals surface area (Å²) in [6, 6.07) is 9.85. The minimum atomic E-state index is -0.111. The Morgan fingerprint density at radius 3 is 2.67 bits per heavy atom. The van der Waals surface area contributed by atoms with E-state index in [1.807, 2.05) is 30.3 Å². The Hall–Kier alpha value is -1.65. The number of nitrogens with one attached hydrogen (secondary N) is 1. The van der Waals surface area contributed by atoms with Crippen LogP contribution in [0.3, 0.4) is 0 Å². The second-order valence-corrected chi connectivity index (χ2v) is 4.33. The van der Waals surface area contributed by atoms with Gasteiger partial charge in [-0.25, -0.2) is 4.98 Å². The van der Waals surface area contributed by atoms with E-state index < -0.39 is 0 Å². The van der Waals surface area contributed by atoms with Gasteiger partial charge in [0.05, 0.1) is 25.0 Å². The Morgan fingerprint density at radius 2 is 2.00 bits per heavy atom. The van der Waals surface area contributed by atoms with E-state index in [-0.39, 0.29) is 12.6 Å². The van der Waals surface area contributed by atoms with Crippen LogP contribution in [-0.2, 0) is 6.42 Å². The smallest absolute Gasteiger partial charge is 0.149 e. The summed E-state index contributed by atoms with van der Waals surface area (Å²) in [5, 5.41) is 12.8. The number of aromatic nitrogens is 2. The minimum Gasteiger partial charge on any atom is -0.394 e. The lowest BCUT2D eigenvalue weighted by atomic mass is 10.1. The van der Waals surface area contributed by atoms with E-state index in [1.54, 1.807) is 6.20 Å². The van der Waals surface area contributed by atoms with Gasteiger partial charge in [-0.15, -0.1) is 0 Å². The molecule has 0 unspecified atom stereocenters. The summed E-state index contributed by atoms with van der Waals surface area (Å²) in [5.41, 5.74) is 1.15. The zero-order valence-electron chi connectivity index (χ0n) is 9.75. The molecule has 2 N–H and O–H groups in total. The lowest BCUT2D eigenvalue weighted by Crippen LogP contribution is -2.26. The number of aliphatic hydroxyl groups excluding tert-OH is 1. The summed E-state index contributed by atoms with van der Waals surface area (Å²) in [6.45, 7) is 0.0170. The molecule has 1 atom stereocenters. The van der Waals surface area contributed by atoms with Crippen molar-refractivity contribution in [2.45, 2.75) is 12.5 Å². The number of rotatable bonds is 5. The highest BCUT2D eigenvalue weighted by atomic mass is 35.5. The number of hydrogen-bond acceptors (Lipinski definition) is 4. The third kappa shape index (κ3) is 3.68. The maximum absolute atomic E-state index is 9.37. The molecule has 0 spiro atoms. The van der Waals surface area contributed by atoms with E-state index >= 15 is 0 Å². The summed E-state index contributed by atoms with van der Waals surface area (Å²) in [5.74, 6) is 0.567. The molecule has 1 aromatic heterocycles. The van der Waals surface area contributed by atoms with Crippen molar-refractivity contribution in [1.82, 2.24) is 9.97 Å². The molecule has 2 rings (SSSR count). The average Bonchev–Trinajstić information content (AvgIpc) is 2.39. The largest absolute Gasteiger partial charge is 0.394 e. The molecule has 0 aliphatic carbocycles. The van der Waals surface area contributed by atoms with Crippen LogP contribution in [0.15, 0.2) is 42.7 Å². The molecule has 0 bridgehead atoms. The van der Waals surface area contributed by atoms with E-state index in [0.717, 1.165) is 5.56 Å². The predicted molar refractivity (Wildman–Crippen MR) is 71.7 cm³/mol. The van der Waals surface area contributed by atoms with Crippen LogP contribution in [0, 0.1) is 0 Å². The molecule has 18 heavy (non-hydrogen) atoms. The van der Waals surface area contributed by atoms with Crippen molar-refractivity contribution < 1.29 is 5.11 Å². The van der Waals surface area contributed by atoms with Gasteiger partial charge in [-0.3, -0.25) is 4.98 Å². The number of aliphatic hydroxyl groups is 1. The second kappa shape index (κ2) is 6.33. The van der Waals surface area contributed by atoms with Crippen molar-refractivity contribution >= 4 is 17.4 Å². The molecule has 5 heteroatoms. The van der Waals surface area contributed by atoms with Crippen molar-refractivity contribution in [3.8, 4) is 0 Å². The molecule has 4 nitrogen and oxygen atoms in total. The summed E-state index contributed by atoms with van der Waals surface area (Å²) in [4.78, 5) is 8.02. The summed E-state index contributed by atoms with van der Waals surface area (Å²) >= 11 is 5.76.